The highest BCUT2D eigenvalue weighted by molar-refractivity contribution is 7.94. The van der Waals surface area contributed by atoms with Gasteiger partial charge in [-0.1, -0.05) is 6.07 Å². The first-order valence-corrected chi connectivity index (χ1v) is 7.64. The molecule has 13 heteroatoms. The molecule has 0 aliphatic carbocycles. The van der Waals surface area contributed by atoms with E-state index in [9.17, 15) is 21.9 Å². The first kappa shape index (κ1) is 19.5. The van der Waals surface area contributed by atoms with Crippen LogP contribution in [0.2, 0.25) is 0 Å². The number of hydrogen-bond acceptors (Lipinski definition) is 9. The molecule has 0 amide bonds. The van der Waals surface area contributed by atoms with Crippen LogP contribution in [0.5, 0.6) is 11.5 Å². The van der Waals surface area contributed by atoms with Gasteiger partial charge in [0.25, 0.3) is 0 Å². The number of phenols is 2. The Morgan fingerprint density at radius 3 is 1.81 bits per heavy atom. The molecule has 0 aliphatic heterocycles. The number of phenolic OH excluding ortho intramolecular Hbond substituents is 2. The van der Waals surface area contributed by atoms with Crippen LogP contribution in [0.25, 0.3) is 0 Å². The van der Waals surface area contributed by atoms with Crippen LogP contribution in [-0.2, 0) is 24.4 Å². The van der Waals surface area contributed by atoms with Gasteiger partial charge in [-0.15, -0.1) is 3.63 Å². The predicted octanol–water partition coefficient (Wildman–Crippen LogP) is -1.30. The maximum Gasteiger partial charge on any atom is 0.413 e. The normalized spacial score (nSPS) is 13.1. The second kappa shape index (κ2) is 7.51. The van der Waals surface area contributed by atoms with Gasteiger partial charge in [-0.05, 0) is 17.7 Å². The first-order chi connectivity index (χ1) is 9.35. The summed E-state index contributed by atoms with van der Waals surface area (Å²) in [6, 6.07) is 4.10. The van der Waals surface area contributed by atoms with Crippen LogP contribution in [0, 0.1) is 0 Å². The minimum Gasteiger partial charge on any atom is -0.504 e. The van der Waals surface area contributed by atoms with Gasteiger partial charge in [-0.3, -0.25) is 9.11 Å². The fourth-order valence-electron chi connectivity index (χ4n) is 0.992. The first-order valence-electron chi connectivity index (χ1n) is 4.91. The van der Waals surface area contributed by atoms with Gasteiger partial charge >= 0.3 is 20.8 Å². The lowest BCUT2D eigenvalue weighted by Gasteiger charge is -2.08. The Kier molecular flexibility index (Phi) is 6.98. The van der Waals surface area contributed by atoms with Crippen molar-refractivity contribution in [2.75, 3.05) is 6.54 Å². The highest BCUT2D eigenvalue weighted by Crippen LogP contribution is 2.27. The molecule has 1 aromatic rings. The molecule has 21 heavy (non-hydrogen) atoms. The lowest BCUT2D eigenvalue weighted by atomic mass is 10.1. The number of rotatable bonds is 4. The molecule has 7 N–H and O–H groups in total. The van der Waals surface area contributed by atoms with E-state index in [1.165, 1.54) is 18.2 Å². The van der Waals surface area contributed by atoms with Gasteiger partial charge in [0, 0.05) is 6.54 Å². The van der Waals surface area contributed by atoms with E-state index in [0.29, 0.717) is 5.56 Å². The number of aliphatic hydroxyl groups is 1. The topological polar surface area (TPSA) is 205 Å². The number of hydrogen-bond donors (Lipinski definition) is 6. The van der Waals surface area contributed by atoms with E-state index in [1.807, 2.05) is 0 Å². The molecule has 11 nitrogen and oxygen atoms in total. The highest BCUT2D eigenvalue weighted by Gasteiger charge is 2.15. The van der Waals surface area contributed by atoms with Crippen molar-refractivity contribution in [3.8, 4) is 11.5 Å². The monoisotopic (exact) mass is 347 g/mol. The van der Waals surface area contributed by atoms with Crippen LogP contribution in [-0.4, -0.2) is 47.8 Å². The van der Waals surface area contributed by atoms with Crippen LogP contribution < -0.4 is 5.73 Å². The van der Waals surface area contributed by atoms with Crippen LogP contribution in [0.15, 0.2) is 18.2 Å². The molecule has 1 aromatic carbocycles. The van der Waals surface area contributed by atoms with Crippen molar-refractivity contribution in [3.05, 3.63) is 23.8 Å². The van der Waals surface area contributed by atoms with Gasteiger partial charge in [0.2, 0.25) is 0 Å². The van der Waals surface area contributed by atoms with Crippen molar-refractivity contribution in [2.45, 2.75) is 6.10 Å². The molecule has 1 atom stereocenters. The van der Waals surface area contributed by atoms with Gasteiger partial charge in [0.1, 0.15) is 0 Å². The SMILES string of the molecule is NC[C@H](O)c1ccc(O)c(O)c1.O=S(=O)(O)OS(=O)(=O)O. The summed E-state index contributed by atoms with van der Waals surface area (Å²) >= 11 is 0. The van der Waals surface area contributed by atoms with Crippen molar-refractivity contribution in [3.63, 3.8) is 0 Å². The molecule has 0 saturated heterocycles. The largest absolute Gasteiger partial charge is 0.504 e. The summed E-state index contributed by atoms with van der Waals surface area (Å²) in [7, 11) is -10.2. The quantitative estimate of drug-likeness (QED) is 0.279. The Balaban J connectivity index is 0.000000400. The van der Waals surface area contributed by atoms with Crippen molar-refractivity contribution in [1.29, 1.82) is 0 Å². The molecule has 0 saturated carbocycles. The number of aromatic hydroxyl groups is 2. The molecule has 0 aromatic heterocycles. The van der Waals surface area contributed by atoms with E-state index in [4.69, 9.17) is 25.1 Å². The third kappa shape index (κ3) is 9.14. The van der Waals surface area contributed by atoms with Crippen molar-refractivity contribution in [1.82, 2.24) is 0 Å². The summed E-state index contributed by atoms with van der Waals surface area (Å²) in [5.74, 6) is -0.456. The summed E-state index contributed by atoms with van der Waals surface area (Å²) in [5.41, 5.74) is 5.69. The summed E-state index contributed by atoms with van der Waals surface area (Å²) in [6.07, 6.45) is -0.795. The zero-order valence-corrected chi connectivity index (χ0v) is 11.8. The molecule has 1 rings (SSSR count). The summed E-state index contributed by atoms with van der Waals surface area (Å²) < 4.78 is 55.6. The standard InChI is InChI=1S/C8H11NO3.H2O7S2/c9-4-8(12)5-1-2-6(10)7(11)3-5;1-8(2,3)7-9(4,5)6/h1-3,8,10-12H,4,9H2;(H,1,2,3)(H,4,5,6)/t8-;/m0./s1. The van der Waals surface area contributed by atoms with Crippen LogP contribution in [0.4, 0.5) is 0 Å². The third-order valence-electron chi connectivity index (χ3n) is 1.78. The van der Waals surface area contributed by atoms with E-state index in [-0.39, 0.29) is 18.0 Å². The minimum absolute atomic E-state index is 0.0875. The van der Waals surface area contributed by atoms with E-state index in [2.05, 4.69) is 3.63 Å². The number of nitrogens with two attached hydrogens (primary N) is 1. The molecule has 0 radical (unpaired) electrons. The Labute approximate surface area is 120 Å². The molecule has 0 unspecified atom stereocenters. The van der Waals surface area contributed by atoms with E-state index < -0.39 is 26.9 Å². The molecule has 0 heterocycles. The molecule has 0 bridgehead atoms. The lowest BCUT2D eigenvalue weighted by molar-refractivity contribution is 0.186. The Bertz CT molecular complexity index is 638. The van der Waals surface area contributed by atoms with Gasteiger partial charge in [0.05, 0.1) is 6.10 Å². The molecule has 122 valence electrons. The number of benzene rings is 1. The fraction of sp³-hybridized carbons (Fsp3) is 0.250. The van der Waals surface area contributed by atoms with Gasteiger partial charge in [-0.25, -0.2) is 0 Å². The second-order valence-electron chi connectivity index (χ2n) is 3.42. The smallest absolute Gasteiger partial charge is 0.413 e. The van der Waals surface area contributed by atoms with Crippen molar-refractivity contribution in [2.24, 2.45) is 5.73 Å². The van der Waals surface area contributed by atoms with Crippen molar-refractivity contribution < 1.29 is 44.9 Å². The zero-order chi connectivity index (χ0) is 16.8. The van der Waals surface area contributed by atoms with E-state index in [1.54, 1.807) is 0 Å². The third-order valence-corrected chi connectivity index (χ3v) is 3.16. The average molecular weight is 347 g/mol. The predicted molar refractivity (Wildman–Crippen MR) is 68.0 cm³/mol. The molecular weight excluding hydrogens is 334 g/mol. The van der Waals surface area contributed by atoms with Crippen LogP contribution in [0.1, 0.15) is 11.7 Å². The molecule has 0 aliphatic rings. The maximum absolute atomic E-state index is 9.44. The summed E-state index contributed by atoms with van der Waals surface area (Å²) in [4.78, 5) is 0. The minimum atomic E-state index is -5.12. The van der Waals surface area contributed by atoms with E-state index in [0.717, 1.165) is 0 Å². The highest BCUT2D eigenvalue weighted by atomic mass is 32.3. The Morgan fingerprint density at radius 1 is 1.05 bits per heavy atom. The Hall–Kier alpha value is -1.48. The molecular formula is C8H13NO10S2. The summed E-state index contributed by atoms with van der Waals surface area (Å²) in [5, 5.41) is 27.2. The number of aliphatic hydroxyl groups excluding tert-OH is 1. The second-order valence-corrected chi connectivity index (χ2v) is 5.68. The van der Waals surface area contributed by atoms with Gasteiger partial charge in [-0.2, -0.15) is 16.8 Å². The van der Waals surface area contributed by atoms with Gasteiger partial charge in [0.15, 0.2) is 11.5 Å². The van der Waals surface area contributed by atoms with Crippen LogP contribution >= 0.6 is 0 Å². The lowest BCUT2D eigenvalue weighted by Crippen LogP contribution is -2.11. The zero-order valence-electron chi connectivity index (χ0n) is 10.2. The van der Waals surface area contributed by atoms with E-state index >= 15 is 0 Å². The van der Waals surface area contributed by atoms with Gasteiger partial charge < -0.3 is 21.1 Å². The van der Waals surface area contributed by atoms with Crippen LogP contribution in [0.3, 0.4) is 0 Å². The maximum atomic E-state index is 9.44. The summed E-state index contributed by atoms with van der Waals surface area (Å²) in [6.45, 7) is 0.0875. The average Bonchev–Trinajstić information content (AvgIpc) is 2.27. The molecule has 0 fully saturated rings. The van der Waals surface area contributed by atoms with Crippen molar-refractivity contribution >= 4 is 20.8 Å². The fourth-order valence-corrected chi connectivity index (χ4v) is 1.86. The Morgan fingerprint density at radius 2 is 1.52 bits per heavy atom. The molecule has 0 spiro atoms.